The number of morpholine rings is 1. The molecule has 0 saturated carbocycles. The molecule has 1 saturated heterocycles. The highest BCUT2D eigenvalue weighted by Crippen LogP contribution is 2.09. The highest BCUT2D eigenvalue weighted by Gasteiger charge is 2.09. The summed E-state index contributed by atoms with van der Waals surface area (Å²) in [6.07, 6.45) is 1.11. The van der Waals surface area contributed by atoms with Crippen LogP contribution in [0.1, 0.15) is 19.0 Å². The summed E-state index contributed by atoms with van der Waals surface area (Å²) in [5, 5.41) is 6.52. The molecule has 2 heterocycles. The Morgan fingerprint density at radius 2 is 2.05 bits per heavy atom. The molecule has 0 bridgehead atoms. The van der Waals surface area contributed by atoms with E-state index < -0.39 is 0 Å². The van der Waals surface area contributed by atoms with E-state index in [1.165, 1.54) is 0 Å². The third-order valence-corrected chi connectivity index (χ3v) is 3.25. The van der Waals surface area contributed by atoms with Crippen molar-refractivity contribution in [2.45, 2.75) is 20.3 Å². The minimum Gasteiger partial charge on any atom is -0.379 e. The van der Waals surface area contributed by atoms with Crippen molar-refractivity contribution in [2.75, 3.05) is 56.6 Å². The molecule has 0 amide bonds. The van der Waals surface area contributed by atoms with Gasteiger partial charge in [-0.15, -0.1) is 0 Å². The predicted octanol–water partition coefficient (Wildman–Crippen LogP) is 1.35. The molecule has 0 aromatic carbocycles. The molecular weight excluding hydrogens is 254 g/mol. The molecule has 0 spiro atoms. The lowest BCUT2D eigenvalue weighted by Crippen LogP contribution is -2.37. The zero-order valence-corrected chi connectivity index (χ0v) is 12.5. The lowest BCUT2D eigenvalue weighted by Gasteiger charge is -2.26. The van der Waals surface area contributed by atoms with Gasteiger partial charge in [0.2, 0.25) is 5.95 Å². The summed E-state index contributed by atoms with van der Waals surface area (Å²) in [5.41, 5.74) is 0.978. The van der Waals surface area contributed by atoms with E-state index in [0.717, 1.165) is 63.9 Å². The second-order valence-corrected chi connectivity index (χ2v) is 4.98. The van der Waals surface area contributed by atoms with Crippen LogP contribution >= 0.6 is 0 Å². The first-order valence-electron chi connectivity index (χ1n) is 7.41. The van der Waals surface area contributed by atoms with E-state index in [-0.39, 0.29) is 0 Å². The molecule has 1 fully saturated rings. The average Bonchev–Trinajstić information content (AvgIpc) is 2.45. The molecule has 6 nitrogen and oxygen atoms in total. The van der Waals surface area contributed by atoms with Crippen molar-refractivity contribution in [3.8, 4) is 0 Å². The molecule has 1 aliphatic rings. The lowest BCUT2D eigenvalue weighted by molar-refractivity contribution is 0.0378. The highest BCUT2D eigenvalue weighted by atomic mass is 16.5. The fourth-order valence-electron chi connectivity index (χ4n) is 2.24. The summed E-state index contributed by atoms with van der Waals surface area (Å²) in [6.45, 7) is 10.7. The van der Waals surface area contributed by atoms with Gasteiger partial charge in [-0.2, -0.15) is 4.98 Å². The van der Waals surface area contributed by atoms with Crippen molar-refractivity contribution >= 4 is 11.8 Å². The van der Waals surface area contributed by atoms with Gasteiger partial charge in [0.25, 0.3) is 0 Å². The number of anilines is 2. The minimum atomic E-state index is 0.697. The molecule has 112 valence electrons. The quantitative estimate of drug-likeness (QED) is 0.735. The Kier molecular flexibility index (Phi) is 6.01. The first-order valence-corrected chi connectivity index (χ1v) is 7.41. The van der Waals surface area contributed by atoms with Crippen molar-refractivity contribution < 1.29 is 4.74 Å². The molecule has 0 aliphatic carbocycles. The largest absolute Gasteiger partial charge is 0.379 e. The lowest BCUT2D eigenvalue weighted by atomic mass is 10.3. The molecule has 1 aliphatic heterocycles. The molecule has 0 radical (unpaired) electrons. The van der Waals surface area contributed by atoms with Crippen molar-refractivity contribution in [1.29, 1.82) is 0 Å². The summed E-state index contributed by atoms with van der Waals surface area (Å²) in [7, 11) is 0. The van der Waals surface area contributed by atoms with Gasteiger partial charge in [0.15, 0.2) is 0 Å². The molecule has 1 aromatic heterocycles. The van der Waals surface area contributed by atoms with Crippen LogP contribution in [0.15, 0.2) is 6.07 Å². The van der Waals surface area contributed by atoms with E-state index >= 15 is 0 Å². The highest BCUT2D eigenvalue weighted by molar-refractivity contribution is 5.41. The van der Waals surface area contributed by atoms with E-state index in [9.17, 15) is 0 Å². The number of ether oxygens (including phenoxy) is 1. The Bertz CT molecular complexity index is 407. The van der Waals surface area contributed by atoms with Crippen LogP contribution in [-0.2, 0) is 4.74 Å². The number of nitrogens with zero attached hydrogens (tertiary/aromatic N) is 3. The van der Waals surface area contributed by atoms with Gasteiger partial charge in [0.05, 0.1) is 13.2 Å². The number of aryl methyl sites for hydroxylation is 1. The Balaban J connectivity index is 1.72. The van der Waals surface area contributed by atoms with Crippen molar-refractivity contribution in [3.63, 3.8) is 0 Å². The predicted molar refractivity (Wildman–Crippen MR) is 81.3 cm³/mol. The van der Waals surface area contributed by atoms with Crippen LogP contribution in [0.3, 0.4) is 0 Å². The maximum absolute atomic E-state index is 5.34. The van der Waals surface area contributed by atoms with Crippen molar-refractivity contribution in [1.82, 2.24) is 14.9 Å². The second-order valence-electron chi connectivity index (χ2n) is 4.98. The second kappa shape index (κ2) is 8.01. The summed E-state index contributed by atoms with van der Waals surface area (Å²) in [4.78, 5) is 11.2. The zero-order chi connectivity index (χ0) is 14.2. The number of hydrogen-bond acceptors (Lipinski definition) is 6. The number of nitrogens with one attached hydrogen (secondary N) is 2. The Morgan fingerprint density at radius 1 is 1.25 bits per heavy atom. The summed E-state index contributed by atoms with van der Waals surface area (Å²) >= 11 is 0. The first kappa shape index (κ1) is 15.0. The number of hydrogen-bond donors (Lipinski definition) is 2. The standard InChI is InChI=1S/C14H25N5O/c1-3-15-14-17-12(2)11-13(18-14)16-5-4-6-19-7-9-20-10-8-19/h11H,3-10H2,1-2H3,(H2,15,16,17,18). The van der Waals surface area contributed by atoms with Crippen LogP contribution in [0.4, 0.5) is 11.8 Å². The molecule has 20 heavy (non-hydrogen) atoms. The summed E-state index contributed by atoms with van der Waals surface area (Å²) < 4.78 is 5.34. The Morgan fingerprint density at radius 3 is 2.80 bits per heavy atom. The van der Waals surface area contributed by atoms with E-state index in [2.05, 4.69) is 25.5 Å². The van der Waals surface area contributed by atoms with Gasteiger partial charge < -0.3 is 15.4 Å². The maximum atomic E-state index is 5.34. The van der Waals surface area contributed by atoms with Gasteiger partial charge in [-0.25, -0.2) is 4.98 Å². The molecule has 0 atom stereocenters. The van der Waals surface area contributed by atoms with Crippen LogP contribution in [0, 0.1) is 6.92 Å². The Hall–Kier alpha value is -1.40. The SMILES string of the molecule is CCNc1nc(C)cc(NCCCN2CCOCC2)n1. The van der Waals surface area contributed by atoms with Crippen LogP contribution < -0.4 is 10.6 Å². The molecular formula is C14H25N5O. The van der Waals surface area contributed by atoms with E-state index in [4.69, 9.17) is 4.74 Å². The van der Waals surface area contributed by atoms with E-state index in [1.54, 1.807) is 0 Å². The van der Waals surface area contributed by atoms with Gasteiger partial charge >= 0.3 is 0 Å². The fourth-order valence-corrected chi connectivity index (χ4v) is 2.24. The average molecular weight is 279 g/mol. The van der Waals surface area contributed by atoms with Crippen molar-refractivity contribution in [2.24, 2.45) is 0 Å². The smallest absolute Gasteiger partial charge is 0.224 e. The van der Waals surface area contributed by atoms with Crippen LogP contribution in [0.2, 0.25) is 0 Å². The van der Waals surface area contributed by atoms with Gasteiger partial charge in [0.1, 0.15) is 5.82 Å². The molecule has 0 unspecified atom stereocenters. The topological polar surface area (TPSA) is 62.3 Å². The maximum Gasteiger partial charge on any atom is 0.224 e. The number of rotatable bonds is 7. The fraction of sp³-hybridized carbons (Fsp3) is 0.714. The summed E-state index contributed by atoms with van der Waals surface area (Å²) in [5.74, 6) is 1.60. The van der Waals surface area contributed by atoms with E-state index in [1.807, 2.05) is 19.9 Å². The first-order chi connectivity index (χ1) is 9.78. The third kappa shape index (κ3) is 4.94. The Labute approximate surface area is 120 Å². The molecule has 1 aromatic rings. The van der Waals surface area contributed by atoms with Crippen LogP contribution in [-0.4, -0.2) is 60.8 Å². The van der Waals surface area contributed by atoms with Gasteiger partial charge in [-0.05, 0) is 26.8 Å². The normalized spacial score (nSPS) is 16.1. The van der Waals surface area contributed by atoms with Crippen LogP contribution in [0.25, 0.3) is 0 Å². The zero-order valence-electron chi connectivity index (χ0n) is 12.5. The number of aromatic nitrogens is 2. The van der Waals surface area contributed by atoms with E-state index in [0.29, 0.717) is 5.95 Å². The van der Waals surface area contributed by atoms with Crippen LogP contribution in [0.5, 0.6) is 0 Å². The molecule has 2 rings (SSSR count). The van der Waals surface area contributed by atoms with Gasteiger partial charge in [0, 0.05) is 37.9 Å². The summed E-state index contributed by atoms with van der Waals surface area (Å²) in [6, 6.07) is 1.98. The minimum absolute atomic E-state index is 0.697. The monoisotopic (exact) mass is 279 g/mol. The molecule has 6 heteroatoms. The molecule has 2 N–H and O–H groups in total. The van der Waals surface area contributed by atoms with Gasteiger partial charge in [-0.1, -0.05) is 0 Å². The van der Waals surface area contributed by atoms with Crippen molar-refractivity contribution in [3.05, 3.63) is 11.8 Å². The third-order valence-electron chi connectivity index (χ3n) is 3.25. The van der Waals surface area contributed by atoms with Gasteiger partial charge in [-0.3, -0.25) is 4.90 Å².